The first-order valence-electron chi connectivity index (χ1n) is 11.4. The van der Waals surface area contributed by atoms with Gasteiger partial charge in [0.1, 0.15) is 5.65 Å². The van der Waals surface area contributed by atoms with Crippen LogP contribution in [-0.2, 0) is 6.54 Å². The lowest BCUT2D eigenvalue weighted by molar-refractivity contribution is 0.331. The highest BCUT2D eigenvalue weighted by atomic mass is 19.2. The number of halogens is 2. The maximum atomic E-state index is 14.5. The molecule has 0 bridgehead atoms. The predicted octanol–water partition coefficient (Wildman–Crippen LogP) is 6.43. The van der Waals surface area contributed by atoms with E-state index in [0.29, 0.717) is 22.5 Å². The summed E-state index contributed by atoms with van der Waals surface area (Å²) in [4.78, 5) is 10.2. The molecule has 1 fully saturated rings. The number of nitrogens with zero attached hydrogens (tertiary/aromatic N) is 3. The van der Waals surface area contributed by atoms with E-state index >= 15 is 0 Å². The Labute approximate surface area is 195 Å². The molecule has 0 amide bonds. The summed E-state index contributed by atoms with van der Waals surface area (Å²) in [5.41, 5.74) is 5.15. The number of benzene rings is 2. The maximum absolute atomic E-state index is 14.5. The van der Waals surface area contributed by atoms with Gasteiger partial charge < -0.3 is 9.51 Å². The van der Waals surface area contributed by atoms with Crippen LogP contribution in [0.1, 0.15) is 18.4 Å². The molecule has 0 unspecified atom stereocenters. The Morgan fingerprint density at radius 3 is 2.56 bits per heavy atom. The van der Waals surface area contributed by atoms with Crippen molar-refractivity contribution in [2.45, 2.75) is 19.4 Å². The van der Waals surface area contributed by atoms with Gasteiger partial charge in [0.05, 0.1) is 11.8 Å². The Balaban J connectivity index is 1.36. The lowest BCUT2D eigenvalue weighted by Crippen LogP contribution is -2.18. The first-order valence-corrected chi connectivity index (χ1v) is 11.4. The van der Waals surface area contributed by atoms with Gasteiger partial charge in [-0.15, -0.1) is 0 Å². The van der Waals surface area contributed by atoms with Gasteiger partial charge in [0.2, 0.25) is 0 Å². The molecular weight excluding hydrogens is 434 g/mol. The number of H-pyrrole nitrogens is 1. The van der Waals surface area contributed by atoms with Crippen LogP contribution in [0.25, 0.3) is 44.6 Å². The van der Waals surface area contributed by atoms with Crippen molar-refractivity contribution in [2.24, 2.45) is 0 Å². The number of fused-ring (bicyclic) bond motifs is 1. The first kappa shape index (κ1) is 20.7. The van der Waals surface area contributed by atoms with Gasteiger partial charge in [-0.2, -0.15) is 0 Å². The van der Waals surface area contributed by atoms with Gasteiger partial charge in [-0.25, -0.2) is 13.8 Å². The smallest absolute Gasteiger partial charge is 0.176 e. The Morgan fingerprint density at radius 2 is 1.74 bits per heavy atom. The molecule has 3 aromatic heterocycles. The first-order chi connectivity index (χ1) is 16.7. The van der Waals surface area contributed by atoms with Gasteiger partial charge in [-0.3, -0.25) is 4.90 Å². The lowest BCUT2D eigenvalue weighted by Gasteiger charge is -2.14. The maximum Gasteiger partial charge on any atom is 0.176 e. The molecule has 0 saturated carbocycles. The van der Waals surface area contributed by atoms with Crippen molar-refractivity contribution in [1.82, 2.24) is 20.0 Å². The van der Waals surface area contributed by atoms with Crippen molar-refractivity contribution in [3.05, 3.63) is 84.3 Å². The topological polar surface area (TPSA) is 58.0 Å². The van der Waals surface area contributed by atoms with Crippen LogP contribution in [0, 0.1) is 11.6 Å². The average molecular weight is 456 g/mol. The molecule has 1 aliphatic heterocycles. The molecule has 6 rings (SSSR count). The molecular formula is C27H22F2N4O. The van der Waals surface area contributed by atoms with E-state index in [-0.39, 0.29) is 5.56 Å². The van der Waals surface area contributed by atoms with E-state index in [9.17, 15) is 8.78 Å². The van der Waals surface area contributed by atoms with Crippen LogP contribution in [0.2, 0.25) is 0 Å². The molecule has 0 radical (unpaired) electrons. The van der Waals surface area contributed by atoms with Crippen LogP contribution in [0.5, 0.6) is 0 Å². The number of hydrogen-bond acceptors (Lipinski definition) is 4. The number of aromatic nitrogens is 3. The minimum absolute atomic E-state index is 0.100. The quantitative estimate of drug-likeness (QED) is 0.331. The second-order valence-electron chi connectivity index (χ2n) is 8.67. The summed E-state index contributed by atoms with van der Waals surface area (Å²) in [6.07, 6.45) is 7.54. The van der Waals surface area contributed by atoms with Gasteiger partial charge >= 0.3 is 0 Å². The highest BCUT2D eigenvalue weighted by Gasteiger charge is 2.21. The fourth-order valence-electron chi connectivity index (χ4n) is 4.69. The summed E-state index contributed by atoms with van der Waals surface area (Å²) in [5, 5.41) is 4.68. The Kier molecular flexibility index (Phi) is 5.19. The van der Waals surface area contributed by atoms with Crippen LogP contribution >= 0.6 is 0 Å². The van der Waals surface area contributed by atoms with E-state index in [1.54, 1.807) is 6.20 Å². The molecule has 0 atom stereocenters. The zero-order valence-electron chi connectivity index (χ0n) is 18.4. The summed E-state index contributed by atoms with van der Waals surface area (Å²) in [5.74, 6) is -1.49. The molecule has 2 aromatic carbocycles. The minimum atomic E-state index is -0.931. The van der Waals surface area contributed by atoms with Gasteiger partial charge in [0.25, 0.3) is 0 Å². The highest BCUT2D eigenvalue weighted by molar-refractivity contribution is 5.97. The van der Waals surface area contributed by atoms with Crippen molar-refractivity contribution in [2.75, 3.05) is 13.1 Å². The summed E-state index contributed by atoms with van der Waals surface area (Å²) in [6, 6.07) is 14.6. The fraction of sp³-hybridized carbons (Fsp3) is 0.185. The third kappa shape index (κ3) is 3.68. The van der Waals surface area contributed by atoms with Crippen LogP contribution in [0.15, 0.2) is 71.6 Å². The molecule has 34 heavy (non-hydrogen) atoms. The largest absolute Gasteiger partial charge is 0.356 e. The van der Waals surface area contributed by atoms with Crippen molar-refractivity contribution in [1.29, 1.82) is 0 Å². The van der Waals surface area contributed by atoms with E-state index in [0.717, 1.165) is 29.1 Å². The molecule has 1 saturated heterocycles. The second-order valence-corrected chi connectivity index (χ2v) is 8.67. The van der Waals surface area contributed by atoms with Crippen LogP contribution in [0.3, 0.4) is 0 Å². The van der Waals surface area contributed by atoms with E-state index in [4.69, 9.17) is 4.52 Å². The molecule has 5 aromatic rings. The SMILES string of the molecule is Fc1cccc(-c2cnoc2-c2c[nH]c3ncc(-c4ccc(CN5CCCC5)cc4)cc23)c1F. The third-order valence-electron chi connectivity index (χ3n) is 6.48. The van der Waals surface area contributed by atoms with Crippen LogP contribution < -0.4 is 0 Å². The van der Waals surface area contributed by atoms with Crippen LogP contribution in [-0.4, -0.2) is 33.1 Å². The summed E-state index contributed by atoms with van der Waals surface area (Å²) >= 11 is 0. The Hall–Kier alpha value is -3.84. The zero-order valence-corrected chi connectivity index (χ0v) is 18.4. The van der Waals surface area contributed by atoms with Crippen molar-refractivity contribution in [3.63, 3.8) is 0 Å². The molecule has 4 heterocycles. The van der Waals surface area contributed by atoms with Crippen molar-refractivity contribution < 1.29 is 13.3 Å². The fourth-order valence-corrected chi connectivity index (χ4v) is 4.69. The van der Waals surface area contributed by atoms with Gasteiger partial charge in [0.15, 0.2) is 17.4 Å². The lowest BCUT2D eigenvalue weighted by atomic mass is 10.00. The van der Waals surface area contributed by atoms with Crippen LogP contribution in [0.4, 0.5) is 8.78 Å². The second kappa shape index (κ2) is 8.50. The van der Waals surface area contributed by atoms with Crippen molar-refractivity contribution in [3.8, 4) is 33.6 Å². The van der Waals surface area contributed by atoms with Gasteiger partial charge in [-0.1, -0.05) is 41.6 Å². The zero-order chi connectivity index (χ0) is 23.1. The molecule has 1 N–H and O–H groups in total. The van der Waals surface area contributed by atoms with E-state index in [1.807, 2.05) is 12.3 Å². The minimum Gasteiger partial charge on any atom is -0.356 e. The highest BCUT2D eigenvalue weighted by Crippen LogP contribution is 2.38. The monoisotopic (exact) mass is 456 g/mol. The molecule has 5 nitrogen and oxygen atoms in total. The molecule has 0 aliphatic carbocycles. The number of likely N-dealkylation sites (tertiary alicyclic amines) is 1. The van der Waals surface area contributed by atoms with E-state index in [2.05, 4.69) is 44.3 Å². The van der Waals surface area contributed by atoms with Gasteiger partial charge in [-0.05, 0) is 49.2 Å². The van der Waals surface area contributed by atoms with Gasteiger partial charge in [0, 0.05) is 41.0 Å². The third-order valence-corrected chi connectivity index (χ3v) is 6.48. The number of nitrogens with one attached hydrogen (secondary N) is 1. The number of hydrogen-bond donors (Lipinski definition) is 1. The van der Waals surface area contributed by atoms with Crippen molar-refractivity contribution >= 4 is 11.0 Å². The number of rotatable bonds is 5. The Morgan fingerprint density at radius 1 is 0.912 bits per heavy atom. The summed E-state index contributed by atoms with van der Waals surface area (Å²) in [7, 11) is 0. The number of aromatic amines is 1. The average Bonchev–Trinajstić information content (AvgIpc) is 3.62. The molecule has 1 aliphatic rings. The summed E-state index contributed by atoms with van der Waals surface area (Å²) < 4.78 is 33.8. The number of pyridine rings is 1. The molecule has 170 valence electrons. The molecule has 0 spiro atoms. The Bertz CT molecular complexity index is 1470. The standard InChI is InChI=1S/C27H22F2N4O/c28-24-5-3-4-20(25(24)29)23-15-32-34-26(23)22-14-31-27-21(22)12-19(13-30-27)18-8-6-17(7-9-18)16-33-10-1-2-11-33/h3-9,12-15H,1-2,10-11,16H2,(H,30,31). The van der Waals surface area contributed by atoms with E-state index in [1.165, 1.54) is 49.8 Å². The van der Waals surface area contributed by atoms with E-state index < -0.39 is 11.6 Å². The molecule has 7 heteroatoms. The normalized spacial score (nSPS) is 14.3. The summed E-state index contributed by atoms with van der Waals surface area (Å²) in [6.45, 7) is 3.31. The predicted molar refractivity (Wildman–Crippen MR) is 127 cm³/mol.